The highest BCUT2D eigenvalue weighted by molar-refractivity contribution is 9.09. The number of rotatable bonds is 15. The number of likely N-dealkylation sites (tertiary alicyclic amines) is 1. The topological polar surface area (TPSA) is 125 Å². The zero-order chi connectivity index (χ0) is 38.7. The molecule has 3 heterocycles. The maximum atomic E-state index is 15.3. The number of fused-ring (bicyclic) bond motifs is 1. The Hall–Kier alpha value is -4.29. The van der Waals surface area contributed by atoms with Crippen molar-refractivity contribution in [2.45, 2.75) is 73.9 Å². The van der Waals surface area contributed by atoms with Crippen LogP contribution in [0.5, 0.6) is 0 Å². The third kappa shape index (κ3) is 7.14. The van der Waals surface area contributed by atoms with Gasteiger partial charge in [-0.2, -0.15) is 0 Å². The Kier molecular flexibility index (Phi) is 12.1. The minimum absolute atomic E-state index is 0.0691. The Balaban J connectivity index is 1.43. The van der Waals surface area contributed by atoms with E-state index in [-0.39, 0.29) is 25.3 Å². The maximum absolute atomic E-state index is 15.3. The van der Waals surface area contributed by atoms with Crippen molar-refractivity contribution < 1.29 is 33.8 Å². The van der Waals surface area contributed by atoms with Crippen molar-refractivity contribution in [2.24, 2.45) is 11.8 Å². The van der Waals surface area contributed by atoms with Crippen LogP contribution in [0.1, 0.15) is 55.0 Å². The van der Waals surface area contributed by atoms with E-state index in [4.69, 9.17) is 21.1 Å². The van der Waals surface area contributed by atoms with Gasteiger partial charge in [0.05, 0.1) is 47.3 Å². The van der Waals surface area contributed by atoms with Crippen LogP contribution in [-0.4, -0.2) is 75.5 Å². The molecule has 3 aliphatic rings. The molecule has 54 heavy (non-hydrogen) atoms. The zero-order valence-electron chi connectivity index (χ0n) is 30.3. The van der Waals surface area contributed by atoms with E-state index in [1.54, 1.807) is 55.5 Å². The number of aliphatic hydroxyl groups excluding tert-OH is 1. The van der Waals surface area contributed by atoms with Gasteiger partial charge in [0.15, 0.2) is 0 Å². The average molecular weight is 819 g/mol. The SMILES string of the molecule is C=CCCC(=O)N[C@H](C)[C@@H](OC(=O)[C@@H]1[C@H]2O[C@@]3(CC2Br)[C@H](C(=O)N(CC=C)c2c(C)cccc2Cl)N([C@H](CO)c2ccccc2)C(=O)[C@@H]13)c1ccccc1. The third-order valence-corrected chi connectivity index (χ3v) is 11.9. The summed E-state index contributed by atoms with van der Waals surface area (Å²) in [5.41, 5.74) is 0.994. The molecule has 2 N–H and O–H groups in total. The van der Waals surface area contributed by atoms with Crippen molar-refractivity contribution in [3.05, 3.63) is 126 Å². The molecule has 10 nitrogen and oxygen atoms in total. The summed E-state index contributed by atoms with van der Waals surface area (Å²) in [4.78, 5) is 60.3. The molecule has 1 unspecified atom stereocenters. The molecule has 3 fully saturated rings. The molecule has 2 bridgehead atoms. The molecule has 0 aliphatic carbocycles. The first kappa shape index (κ1) is 39.4. The molecule has 3 aromatic rings. The van der Waals surface area contributed by atoms with Crippen LogP contribution >= 0.6 is 27.5 Å². The number of anilines is 1. The van der Waals surface area contributed by atoms with Gasteiger partial charge >= 0.3 is 5.97 Å². The lowest BCUT2D eigenvalue weighted by molar-refractivity contribution is -0.162. The van der Waals surface area contributed by atoms with Crippen LogP contribution in [0, 0.1) is 18.8 Å². The summed E-state index contributed by atoms with van der Waals surface area (Å²) in [5, 5.41) is 14.2. The van der Waals surface area contributed by atoms with Crippen molar-refractivity contribution in [1.29, 1.82) is 0 Å². The Bertz CT molecular complexity index is 1880. The number of ether oxygens (including phenoxy) is 2. The Morgan fingerprint density at radius 3 is 2.35 bits per heavy atom. The van der Waals surface area contributed by atoms with E-state index in [9.17, 15) is 14.7 Å². The van der Waals surface area contributed by atoms with Crippen molar-refractivity contribution >= 4 is 56.9 Å². The standard InChI is InChI=1S/C42H45BrClN3O7/c1-5-7-21-32(49)45-26(4)36(28-18-12-9-13-19-28)53-41(52)33-34-39(50)47(31(24-48)27-16-10-8-11-17-27)38(42(34)23-29(43)37(33)54-42)40(51)46(22-6-2)35-25(3)15-14-20-30(35)44/h5-6,8-20,26,29,31,33-34,36-38,48H,1-2,7,21-24H2,3-4H3,(H,45,49)/t26-,29?,31-,33+,34-,36-,37+,38+,42-/m1/s1. The number of nitrogens with one attached hydrogen (secondary N) is 1. The fourth-order valence-electron chi connectivity index (χ4n) is 8.45. The predicted octanol–water partition coefficient (Wildman–Crippen LogP) is 6.40. The third-order valence-electron chi connectivity index (χ3n) is 10.8. The number of amides is 3. The number of nitrogens with zero attached hydrogens (tertiary/aromatic N) is 2. The first-order chi connectivity index (χ1) is 26.0. The summed E-state index contributed by atoms with van der Waals surface area (Å²) >= 11 is 10.5. The second-order valence-corrected chi connectivity index (χ2v) is 15.7. The molecule has 1 spiro atoms. The number of allylic oxidation sites excluding steroid dienone is 1. The molecule has 6 rings (SSSR count). The number of carbonyl (C=O) groups excluding carboxylic acids is 4. The van der Waals surface area contributed by atoms with Gasteiger partial charge in [0.1, 0.15) is 17.7 Å². The normalized spacial score (nSPS) is 25.7. The van der Waals surface area contributed by atoms with Crippen LogP contribution < -0.4 is 10.2 Å². The smallest absolute Gasteiger partial charge is 0.313 e. The molecule has 0 aromatic heterocycles. The largest absolute Gasteiger partial charge is 0.455 e. The van der Waals surface area contributed by atoms with Crippen LogP contribution in [0.4, 0.5) is 5.69 Å². The Morgan fingerprint density at radius 1 is 1.07 bits per heavy atom. The molecular weight excluding hydrogens is 774 g/mol. The predicted molar refractivity (Wildman–Crippen MR) is 210 cm³/mol. The quantitative estimate of drug-likeness (QED) is 0.103. The number of aryl methyl sites for hydroxylation is 1. The number of benzene rings is 3. The highest BCUT2D eigenvalue weighted by Gasteiger charge is 2.78. The maximum Gasteiger partial charge on any atom is 0.313 e. The van der Waals surface area contributed by atoms with Crippen molar-refractivity contribution in [1.82, 2.24) is 10.2 Å². The van der Waals surface area contributed by atoms with Gasteiger partial charge < -0.3 is 29.7 Å². The van der Waals surface area contributed by atoms with Gasteiger partial charge in [0, 0.05) is 17.8 Å². The molecule has 0 saturated carbocycles. The highest BCUT2D eigenvalue weighted by atomic mass is 79.9. The highest BCUT2D eigenvalue weighted by Crippen LogP contribution is 2.62. The summed E-state index contributed by atoms with van der Waals surface area (Å²) in [5.74, 6) is -4.14. The summed E-state index contributed by atoms with van der Waals surface area (Å²) in [6.45, 7) is 10.8. The molecular formula is C42H45BrClN3O7. The minimum atomic E-state index is -1.47. The summed E-state index contributed by atoms with van der Waals surface area (Å²) in [7, 11) is 0. The number of alkyl halides is 1. The minimum Gasteiger partial charge on any atom is -0.455 e. The number of hydrogen-bond donors (Lipinski definition) is 2. The van der Waals surface area contributed by atoms with Gasteiger partial charge in [-0.15, -0.1) is 13.2 Å². The number of carbonyl (C=O) groups is 4. The van der Waals surface area contributed by atoms with Gasteiger partial charge in [-0.25, -0.2) is 0 Å². The summed E-state index contributed by atoms with van der Waals surface area (Å²) < 4.78 is 13.1. The fraction of sp³-hybridized carbons (Fsp3) is 0.381. The lowest BCUT2D eigenvalue weighted by Crippen LogP contribution is -2.57. The van der Waals surface area contributed by atoms with E-state index in [1.807, 2.05) is 49.4 Å². The van der Waals surface area contributed by atoms with Crippen molar-refractivity contribution in [2.75, 3.05) is 18.1 Å². The van der Waals surface area contributed by atoms with Crippen LogP contribution in [0.3, 0.4) is 0 Å². The van der Waals surface area contributed by atoms with E-state index < -0.39 is 77.0 Å². The Labute approximate surface area is 329 Å². The van der Waals surface area contributed by atoms with Gasteiger partial charge in [-0.1, -0.05) is 112 Å². The number of esters is 1. The summed E-state index contributed by atoms with van der Waals surface area (Å²) in [6, 6.07) is 20.6. The first-order valence-corrected chi connectivity index (χ1v) is 19.4. The van der Waals surface area contributed by atoms with Gasteiger partial charge in [0.2, 0.25) is 11.8 Å². The van der Waals surface area contributed by atoms with E-state index in [0.29, 0.717) is 28.3 Å². The first-order valence-electron chi connectivity index (χ1n) is 18.1. The molecule has 12 heteroatoms. The number of aliphatic hydroxyl groups is 1. The number of para-hydroxylation sites is 1. The van der Waals surface area contributed by atoms with Crippen molar-refractivity contribution in [3.8, 4) is 0 Å². The molecule has 3 saturated heterocycles. The lowest BCUT2D eigenvalue weighted by atomic mass is 9.70. The van der Waals surface area contributed by atoms with Gasteiger partial charge in [-0.3, -0.25) is 19.2 Å². The molecule has 3 amide bonds. The second kappa shape index (κ2) is 16.6. The summed E-state index contributed by atoms with van der Waals surface area (Å²) in [6.07, 6.45) is 2.48. The van der Waals surface area contributed by atoms with E-state index in [0.717, 1.165) is 5.56 Å². The van der Waals surface area contributed by atoms with E-state index in [2.05, 4.69) is 34.4 Å². The van der Waals surface area contributed by atoms with Crippen LogP contribution in [0.2, 0.25) is 5.02 Å². The van der Waals surface area contributed by atoms with Crippen LogP contribution in [0.15, 0.2) is 104 Å². The molecule has 3 aromatic carbocycles. The van der Waals surface area contributed by atoms with Gasteiger partial charge in [0.25, 0.3) is 5.91 Å². The average Bonchev–Trinajstić information content (AvgIpc) is 3.76. The molecule has 9 atom stereocenters. The van der Waals surface area contributed by atoms with Crippen LogP contribution in [0.25, 0.3) is 0 Å². The fourth-order valence-corrected chi connectivity index (χ4v) is 9.72. The lowest BCUT2D eigenvalue weighted by Gasteiger charge is -2.40. The monoisotopic (exact) mass is 817 g/mol. The Morgan fingerprint density at radius 2 is 1.74 bits per heavy atom. The van der Waals surface area contributed by atoms with Crippen molar-refractivity contribution in [3.63, 3.8) is 0 Å². The second-order valence-electron chi connectivity index (χ2n) is 14.1. The van der Waals surface area contributed by atoms with Gasteiger partial charge in [-0.05, 0) is 49.4 Å². The molecule has 284 valence electrons. The number of halogens is 2. The zero-order valence-corrected chi connectivity index (χ0v) is 32.6. The van der Waals surface area contributed by atoms with E-state index in [1.165, 1.54) is 9.80 Å². The van der Waals surface area contributed by atoms with E-state index >= 15 is 9.59 Å². The molecule has 0 radical (unpaired) electrons. The molecule has 3 aliphatic heterocycles. The van der Waals surface area contributed by atoms with Crippen LogP contribution in [-0.2, 0) is 28.7 Å². The number of hydrogen-bond acceptors (Lipinski definition) is 7.